The topological polar surface area (TPSA) is 60.5 Å². The molecule has 1 N–H and O–H groups in total. The van der Waals surface area contributed by atoms with Gasteiger partial charge in [-0.1, -0.05) is 17.7 Å². The number of hydrogen-bond acceptors (Lipinski definition) is 4. The lowest BCUT2D eigenvalue weighted by atomic mass is 10.1. The molecule has 1 aromatic carbocycles. The molecule has 2 aliphatic rings. The molecular weight excluding hydrogens is 352 g/mol. The molecule has 4 rings (SSSR count). The minimum atomic E-state index is -0.513. The third kappa shape index (κ3) is 3.93. The Hall–Kier alpha value is -2.27. The van der Waals surface area contributed by atoms with Gasteiger partial charge in [0, 0.05) is 30.3 Å². The summed E-state index contributed by atoms with van der Waals surface area (Å²) in [5.74, 6) is 1.24. The third-order valence-electron chi connectivity index (χ3n) is 4.84. The Bertz CT molecular complexity index is 788. The zero-order chi connectivity index (χ0) is 17.9. The number of nitrogens with zero attached hydrogens (tertiary/aromatic N) is 1. The van der Waals surface area contributed by atoms with Gasteiger partial charge in [0.2, 0.25) is 5.88 Å². The minimum absolute atomic E-state index is 0.136. The maximum Gasteiger partial charge on any atom is 0.261 e. The van der Waals surface area contributed by atoms with Crippen LogP contribution >= 0.6 is 11.6 Å². The lowest BCUT2D eigenvalue weighted by Crippen LogP contribution is -2.37. The first-order valence-electron chi connectivity index (χ1n) is 9.02. The lowest BCUT2D eigenvalue weighted by molar-refractivity contribution is -0.127. The van der Waals surface area contributed by atoms with Crippen LogP contribution in [0.2, 0.25) is 5.02 Å². The SMILES string of the molecule is O=C(NCc1ccc(OC2CCCC2)nc1)C1Cc2cc(Cl)ccc2O1. The van der Waals surface area contributed by atoms with Crippen molar-refractivity contribution < 1.29 is 14.3 Å². The van der Waals surface area contributed by atoms with E-state index >= 15 is 0 Å². The van der Waals surface area contributed by atoms with Gasteiger partial charge in [0.1, 0.15) is 11.9 Å². The molecule has 0 saturated heterocycles. The number of rotatable bonds is 5. The van der Waals surface area contributed by atoms with Gasteiger partial charge < -0.3 is 14.8 Å². The van der Waals surface area contributed by atoms with Gasteiger partial charge in [-0.15, -0.1) is 0 Å². The van der Waals surface area contributed by atoms with Crippen LogP contribution in [0.3, 0.4) is 0 Å². The largest absolute Gasteiger partial charge is 0.480 e. The Morgan fingerprint density at radius 3 is 2.88 bits per heavy atom. The first-order chi connectivity index (χ1) is 12.7. The van der Waals surface area contributed by atoms with Gasteiger partial charge in [0.25, 0.3) is 5.91 Å². The van der Waals surface area contributed by atoms with Crippen LogP contribution in [0.4, 0.5) is 0 Å². The van der Waals surface area contributed by atoms with E-state index in [0.717, 1.165) is 29.7 Å². The predicted octanol–water partition coefficient (Wildman–Crippen LogP) is 3.68. The van der Waals surface area contributed by atoms with E-state index < -0.39 is 6.10 Å². The number of carbonyl (C=O) groups is 1. The highest BCUT2D eigenvalue weighted by atomic mass is 35.5. The van der Waals surface area contributed by atoms with Crippen molar-refractivity contribution in [1.82, 2.24) is 10.3 Å². The molecule has 5 nitrogen and oxygen atoms in total. The van der Waals surface area contributed by atoms with Crippen molar-refractivity contribution in [3.8, 4) is 11.6 Å². The highest BCUT2D eigenvalue weighted by Crippen LogP contribution is 2.31. The number of pyridine rings is 1. The smallest absolute Gasteiger partial charge is 0.261 e. The number of amides is 1. The van der Waals surface area contributed by atoms with Crippen molar-refractivity contribution in [1.29, 1.82) is 0 Å². The van der Waals surface area contributed by atoms with E-state index in [0.29, 0.717) is 30.0 Å². The van der Waals surface area contributed by atoms with E-state index in [4.69, 9.17) is 21.1 Å². The van der Waals surface area contributed by atoms with Crippen molar-refractivity contribution in [2.75, 3.05) is 0 Å². The summed E-state index contributed by atoms with van der Waals surface area (Å²) in [4.78, 5) is 16.7. The maximum absolute atomic E-state index is 12.4. The molecule has 6 heteroatoms. The summed E-state index contributed by atoms with van der Waals surface area (Å²) in [7, 11) is 0. The van der Waals surface area contributed by atoms with Crippen LogP contribution in [0.1, 0.15) is 36.8 Å². The number of carbonyl (C=O) groups excluding carboxylic acids is 1. The van der Waals surface area contributed by atoms with Crippen LogP contribution in [-0.2, 0) is 17.8 Å². The molecule has 1 unspecified atom stereocenters. The molecule has 0 bridgehead atoms. The first-order valence-corrected chi connectivity index (χ1v) is 9.39. The number of halogens is 1. The highest BCUT2D eigenvalue weighted by Gasteiger charge is 2.29. The second-order valence-electron chi connectivity index (χ2n) is 6.81. The Morgan fingerprint density at radius 2 is 2.12 bits per heavy atom. The van der Waals surface area contributed by atoms with E-state index in [-0.39, 0.29) is 5.91 Å². The van der Waals surface area contributed by atoms with Gasteiger partial charge in [-0.25, -0.2) is 4.98 Å². The summed E-state index contributed by atoms with van der Waals surface area (Å²) in [5.41, 5.74) is 1.89. The molecule has 0 radical (unpaired) electrons. The van der Waals surface area contributed by atoms with Crippen LogP contribution in [0.5, 0.6) is 11.6 Å². The fourth-order valence-corrected chi connectivity index (χ4v) is 3.62. The van der Waals surface area contributed by atoms with E-state index in [1.54, 1.807) is 18.3 Å². The van der Waals surface area contributed by atoms with Gasteiger partial charge in [-0.05, 0) is 55.0 Å². The molecule has 1 aliphatic heterocycles. The predicted molar refractivity (Wildman–Crippen MR) is 98.5 cm³/mol. The zero-order valence-electron chi connectivity index (χ0n) is 14.4. The Morgan fingerprint density at radius 1 is 1.27 bits per heavy atom. The van der Waals surface area contributed by atoms with Gasteiger partial charge in [-0.2, -0.15) is 0 Å². The van der Waals surface area contributed by atoms with Gasteiger partial charge in [0.05, 0.1) is 0 Å². The van der Waals surface area contributed by atoms with Crippen LogP contribution < -0.4 is 14.8 Å². The number of aromatic nitrogens is 1. The van der Waals surface area contributed by atoms with Crippen LogP contribution in [-0.4, -0.2) is 23.1 Å². The van der Waals surface area contributed by atoms with E-state index in [1.807, 2.05) is 18.2 Å². The third-order valence-corrected chi connectivity index (χ3v) is 5.08. The Labute approximate surface area is 157 Å². The molecule has 2 heterocycles. The summed E-state index contributed by atoms with van der Waals surface area (Å²) in [6.07, 6.45) is 6.73. The van der Waals surface area contributed by atoms with Crippen LogP contribution in [0.25, 0.3) is 0 Å². The van der Waals surface area contributed by atoms with Crippen molar-refractivity contribution in [3.63, 3.8) is 0 Å². The molecule has 1 aromatic heterocycles. The fourth-order valence-electron chi connectivity index (χ4n) is 3.43. The van der Waals surface area contributed by atoms with E-state index in [9.17, 15) is 4.79 Å². The van der Waals surface area contributed by atoms with Crippen molar-refractivity contribution in [2.24, 2.45) is 0 Å². The minimum Gasteiger partial charge on any atom is -0.480 e. The van der Waals surface area contributed by atoms with E-state index in [2.05, 4.69) is 10.3 Å². The summed E-state index contributed by atoms with van der Waals surface area (Å²) in [5, 5.41) is 3.56. The summed E-state index contributed by atoms with van der Waals surface area (Å²) < 4.78 is 11.6. The van der Waals surface area contributed by atoms with Crippen LogP contribution in [0, 0.1) is 0 Å². The van der Waals surface area contributed by atoms with Gasteiger partial charge in [-0.3, -0.25) is 4.79 Å². The molecule has 1 saturated carbocycles. The fraction of sp³-hybridized carbons (Fsp3) is 0.400. The quantitative estimate of drug-likeness (QED) is 0.869. The Balaban J connectivity index is 1.28. The molecule has 26 heavy (non-hydrogen) atoms. The summed E-state index contributed by atoms with van der Waals surface area (Å²) in [6.45, 7) is 0.409. The molecule has 1 atom stereocenters. The average Bonchev–Trinajstić information content (AvgIpc) is 3.30. The second kappa shape index (κ2) is 7.54. The molecular formula is C20H21ClN2O3. The zero-order valence-corrected chi connectivity index (χ0v) is 15.2. The Kier molecular flexibility index (Phi) is 4.98. The summed E-state index contributed by atoms with van der Waals surface area (Å²) in [6, 6.07) is 9.21. The number of fused-ring (bicyclic) bond motifs is 1. The van der Waals surface area contributed by atoms with E-state index in [1.165, 1.54) is 12.8 Å². The monoisotopic (exact) mass is 372 g/mol. The molecule has 1 aliphatic carbocycles. The molecule has 1 fully saturated rings. The maximum atomic E-state index is 12.4. The lowest BCUT2D eigenvalue weighted by Gasteiger charge is -2.13. The first kappa shape index (κ1) is 17.2. The van der Waals surface area contributed by atoms with Crippen LogP contribution in [0.15, 0.2) is 36.5 Å². The normalized spacial score (nSPS) is 19.0. The summed E-state index contributed by atoms with van der Waals surface area (Å²) >= 11 is 5.98. The number of hydrogen-bond donors (Lipinski definition) is 1. The molecule has 1 amide bonds. The number of benzene rings is 1. The van der Waals surface area contributed by atoms with Crippen molar-refractivity contribution in [3.05, 3.63) is 52.7 Å². The second-order valence-corrected chi connectivity index (χ2v) is 7.25. The van der Waals surface area contributed by atoms with Crippen molar-refractivity contribution in [2.45, 2.75) is 50.9 Å². The molecule has 2 aromatic rings. The van der Waals surface area contributed by atoms with Gasteiger partial charge in [0.15, 0.2) is 6.10 Å². The molecule has 136 valence electrons. The van der Waals surface area contributed by atoms with Gasteiger partial charge >= 0.3 is 0 Å². The standard InChI is InChI=1S/C20H21ClN2O3/c21-15-6-7-17-14(9-15)10-18(26-17)20(24)23-12-13-5-8-19(22-11-13)25-16-3-1-2-4-16/h5-9,11,16,18H,1-4,10,12H2,(H,23,24). The van der Waals surface area contributed by atoms with Crippen molar-refractivity contribution >= 4 is 17.5 Å². The molecule has 0 spiro atoms. The average molecular weight is 373 g/mol. The highest BCUT2D eigenvalue weighted by molar-refractivity contribution is 6.30. The number of nitrogens with one attached hydrogen (secondary N) is 1. The number of ether oxygens (including phenoxy) is 2.